The second kappa shape index (κ2) is 11.5. The smallest absolute Gasteiger partial charge is 0.238 e. The minimum atomic E-state index is -0.0393. The highest BCUT2D eigenvalue weighted by Crippen LogP contribution is 2.25. The molecule has 6 heteroatoms. The number of hydrogen-bond donors (Lipinski definition) is 1. The fraction of sp³-hybridized carbons (Fsp3) is 0.280. The maximum absolute atomic E-state index is 12.7. The lowest BCUT2D eigenvalue weighted by Gasteiger charge is -2.23. The number of aryl methyl sites for hydroxylation is 1. The van der Waals surface area contributed by atoms with Crippen LogP contribution in [0.3, 0.4) is 0 Å². The molecule has 0 radical (unpaired) electrons. The summed E-state index contributed by atoms with van der Waals surface area (Å²) in [5.41, 5.74) is 3.82. The summed E-state index contributed by atoms with van der Waals surface area (Å²) in [6, 6.07) is 17.2. The van der Waals surface area contributed by atoms with Crippen molar-refractivity contribution in [1.82, 2.24) is 9.88 Å². The first kappa shape index (κ1) is 22.8. The Morgan fingerprint density at radius 3 is 2.74 bits per heavy atom. The van der Waals surface area contributed by atoms with Crippen molar-refractivity contribution < 1.29 is 9.53 Å². The number of nitrogens with one attached hydrogen (secondary N) is 1. The van der Waals surface area contributed by atoms with Gasteiger partial charge in [-0.1, -0.05) is 42.8 Å². The zero-order chi connectivity index (χ0) is 22.1. The Morgan fingerprint density at radius 1 is 1.16 bits per heavy atom. The fourth-order valence-corrected chi connectivity index (χ4v) is 3.53. The number of ether oxygens (including phenoxy) is 1. The van der Waals surface area contributed by atoms with E-state index >= 15 is 0 Å². The number of anilines is 1. The number of carbonyl (C=O) groups excluding carboxylic acids is 1. The van der Waals surface area contributed by atoms with Gasteiger partial charge in [0.05, 0.1) is 6.54 Å². The largest absolute Gasteiger partial charge is 0.489 e. The van der Waals surface area contributed by atoms with E-state index < -0.39 is 0 Å². The number of aromatic nitrogens is 1. The SMILES string of the molecule is CCCN(CC(=O)Nc1ccccc1C)Cc1cc(Cl)ccc1OCc1cccnc1. The van der Waals surface area contributed by atoms with Crippen molar-refractivity contribution in [2.24, 2.45) is 0 Å². The molecule has 0 fully saturated rings. The van der Waals surface area contributed by atoms with Crippen molar-refractivity contribution in [3.63, 3.8) is 0 Å². The van der Waals surface area contributed by atoms with E-state index in [0.29, 0.717) is 18.2 Å². The van der Waals surface area contributed by atoms with E-state index in [1.807, 2.05) is 61.5 Å². The Morgan fingerprint density at radius 2 is 2.00 bits per heavy atom. The van der Waals surface area contributed by atoms with Crippen molar-refractivity contribution in [2.75, 3.05) is 18.4 Å². The van der Waals surface area contributed by atoms with Crippen LogP contribution in [0.4, 0.5) is 5.69 Å². The number of hydrogen-bond acceptors (Lipinski definition) is 4. The second-order valence-electron chi connectivity index (χ2n) is 7.48. The molecule has 3 aromatic rings. The van der Waals surface area contributed by atoms with E-state index in [4.69, 9.17) is 16.3 Å². The molecule has 2 aromatic carbocycles. The molecule has 1 amide bonds. The summed E-state index contributed by atoms with van der Waals surface area (Å²) in [4.78, 5) is 18.9. The zero-order valence-corrected chi connectivity index (χ0v) is 18.7. The van der Waals surface area contributed by atoms with Gasteiger partial charge in [-0.2, -0.15) is 0 Å². The maximum Gasteiger partial charge on any atom is 0.238 e. The van der Waals surface area contributed by atoms with Gasteiger partial charge in [-0.25, -0.2) is 0 Å². The monoisotopic (exact) mass is 437 g/mol. The first-order valence-corrected chi connectivity index (χ1v) is 10.8. The van der Waals surface area contributed by atoms with Gasteiger partial charge in [0.25, 0.3) is 0 Å². The predicted octanol–water partition coefficient (Wildman–Crippen LogP) is 5.47. The standard InChI is InChI=1S/C25H28ClN3O2/c1-3-13-29(17-25(30)28-23-9-5-4-7-19(23)2)16-21-14-22(26)10-11-24(21)31-18-20-8-6-12-27-15-20/h4-12,14-15H,3,13,16-18H2,1-2H3,(H,28,30). The average molecular weight is 438 g/mol. The van der Waals surface area contributed by atoms with E-state index in [2.05, 4.69) is 22.1 Å². The van der Waals surface area contributed by atoms with E-state index in [0.717, 1.165) is 41.1 Å². The highest BCUT2D eigenvalue weighted by Gasteiger charge is 2.15. The molecule has 3 rings (SSSR count). The molecule has 0 spiro atoms. The summed E-state index contributed by atoms with van der Waals surface area (Å²) >= 11 is 6.26. The molecular weight excluding hydrogens is 410 g/mol. The predicted molar refractivity (Wildman–Crippen MR) is 125 cm³/mol. The van der Waals surface area contributed by atoms with Gasteiger partial charge in [0.15, 0.2) is 0 Å². The summed E-state index contributed by atoms with van der Waals surface area (Å²) in [6.07, 6.45) is 4.46. The molecule has 31 heavy (non-hydrogen) atoms. The van der Waals surface area contributed by atoms with Crippen molar-refractivity contribution in [3.05, 3.63) is 88.7 Å². The summed E-state index contributed by atoms with van der Waals surface area (Å²) in [6.45, 7) is 6.15. The van der Waals surface area contributed by atoms with Gasteiger partial charge in [0, 0.05) is 40.8 Å². The molecule has 162 valence electrons. The van der Waals surface area contributed by atoms with Gasteiger partial charge < -0.3 is 10.1 Å². The van der Waals surface area contributed by atoms with Gasteiger partial charge in [-0.3, -0.25) is 14.7 Å². The van der Waals surface area contributed by atoms with Gasteiger partial charge >= 0.3 is 0 Å². The van der Waals surface area contributed by atoms with Gasteiger partial charge in [-0.15, -0.1) is 0 Å². The van der Waals surface area contributed by atoms with E-state index in [9.17, 15) is 4.79 Å². The Labute approximate surface area is 189 Å². The fourth-order valence-electron chi connectivity index (χ4n) is 3.33. The first-order chi connectivity index (χ1) is 15.0. The summed E-state index contributed by atoms with van der Waals surface area (Å²) in [5, 5.41) is 3.66. The summed E-state index contributed by atoms with van der Waals surface area (Å²) < 4.78 is 6.05. The molecule has 0 aliphatic heterocycles. The van der Waals surface area contributed by atoms with E-state index in [1.54, 1.807) is 12.4 Å². The third kappa shape index (κ3) is 7.09. The maximum atomic E-state index is 12.7. The summed E-state index contributed by atoms with van der Waals surface area (Å²) in [5.74, 6) is 0.719. The van der Waals surface area contributed by atoms with Crippen LogP contribution in [-0.4, -0.2) is 28.9 Å². The summed E-state index contributed by atoms with van der Waals surface area (Å²) in [7, 11) is 0. The van der Waals surface area contributed by atoms with Crippen LogP contribution in [-0.2, 0) is 17.9 Å². The number of nitrogens with zero attached hydrogens (tertiary/aromatic N) is 2. The van der Waals surface area contributed by atoms with Gasteiger partial charge in [0.2, 0.25) is 5.91 Å². The third-order valence-corrected chi connectivity index (χ3v) is 5.09. The van der Waals surface area contributed by atoms with Crippen molar-refractivity contribution >= 4 is 23.2 Å². The Hall–Kier alpha value is -2.89. The van der Waals surface area contributed by atoms with Crippen LogP contribution in [0.25, 0.3) is 0 Å². The lowest BCUT2D eigenvalue weighted by molar-refractivity contribution is -0.117. The normalized spacial score (nSPS) is 10.8. The van der Waals surface area contributed by atoms with E-state index in [1.165, 1.54) is 0 Å². The number of rotatable bonds is 10. The van der Waals surface area contributed by atoms with Crippen molar-refractivity contribution in [1.29, 1.82) is 0 Å². The van der Waals surface area contributed by atoms with Crippen LogP contribution >= 0.6 is 11.6 Å². The topological polar surface area (TPSA) is 54.5 Å². The molecular formula is C25H28ClN3O2. The number of amides is 1. The lowest BCUT2D eigenvalue weighted by Crippen LogP contribution is -2.33. The molecule has 0 aliphatic carbocycles. The molecule has 1 aromatic heterocycles. The zero-order valence-electron chi connectivity index (χ0n) is 18.0. The molecule has 0 saturated carbocycles. The third-order valence-electron chi connectivity index (χ3n) is 4.86. The molecule has 5 nitrogen and oxygen atoms in total. The van der Waals surface area contributed by atoms with Crippen LogP contribution in [0.5, 0.6) is 5.75 Å². The minimum Gasteiger partial charge on any atom is -0.489 e. The molecule has 0 aliphatic rings. The number of carbonyl (C=O) groups is 1. The molecule has 0 bridgehead atoms. The molecule has 0 atom stereocenters. The quantitative estimate of drug-likeness (QED) is 0.456. The van der Waals surface area contributed by atoms with Crippen molar-refractivity contribution in [2.45, 2.75) is 33.4 Å². The highest BCUT2D eigenvalue weighted by molar-refractivity contribution is 6.30. The molecule has 0 saturated heterocycles. The van der Waals surface area contributed by atoms with E-state index in [-0.39, 0.29) is 12.5 Å². The lowest BCUT2D eigenvalue weighted by atomic mass is 10.1. The van der Waals surface area contributed by atoms with Crippen LogP contribution < -0.4 is 10.1 Å². The van der Waals surface area contributed by atoms with Crippen molar-refractivity contribution in [3.8, 4) is 5.75 Å². The Bertz CT molecular complexity index is 995. The molecule has 1 heterocycles. The molecule has 1 N–H and O–H groups in total. The number of pyridine rings is 1. The Balaban J connectivity index is 1.69. The number of para-hydroxylation sites is 1. The average Bonchev–Trinajstić information content (AvgIpc) is 2.76. The van der Waals surface area contributed by atoms with Gasteiger partial charge in [0.1, 0.15) is 12.4 Å². The molecule has 0 unspecified atom stereocenters. The Kier molecular flexibility index (Phi) is 8.44. The van der Waals surface area contributed by atoms with Crippen LogP contribution in [0.1, 0.15) is 30.0 Å². The van der Waals surface area contributed by atoms with Crippen LogP contribution in [0.2, 0.25) is 5.02 Å². The second-order valence-corrected chi connectivity index (χ2v) is 7.91. The number of benzene rings is 2. The minimum absolute atomic E-state index is 0.0393. The highest BCUT2D eigenvalue weighted by atomic mass is 35.5. The first-order valence-electron chi connectivity index (χ1n) is 10.4. The van der Waals surface area contributed by atoms with Crippen LogP contribution in [0, 0.1) is 6.92 Å². The van der Waals surface area contributed by atoms with Crippen LogP contribution in [0.15, 0.2) is 67.0 Å². The van der Waals surface area contributed by atoms with Gasteiger partial charge in [-0.05, 0) is 55.8 Å². The number of halogens is 1.